The number of rotatable bonds is 7. The Hall–Kier alpha value is -0.610. The molecule has 1 rings (SSSR count). The van der Waals surface area contributed by atoms with Crippen LogP contribution in [0, 0.1) is 11.3 Å². The summed E-state index contributed by atoms with van der Waals surface area (Å²) < 4.78 is 11.0. The lowest BCUT2D eigenvalue weighted by molar-refractivity contribution is 0.190. The number of ether oxygens (including phenoxy) is 2. The summed E-state index contributed by atoms with van der Waals surface area (Å²) in [6.07, 6.45) is 0. The number of nitrogens with zero attached hydrogens (tertiary/aromatic N) is 2. The van der Waals surface area contributed by atoms with Crippen LogP contribution in [0.25, 0.3) is 0 Å². The second-order valence-corrected chi connectivity index (χ2v) is 5.23. The van der Waals surface area contributed by atoms with Gasteiger partial charge in [-0.25, -0.2) is 0 Å². The van der Waals surface area contributed by atoms with E-state index in [4.69, 9.17) is 14.7 Å². The van der Waals surface area contributed by atoms with E-state index in [2.05, 4.69) is 26.9 Å². The van der Waals surface area contributed by atoms with Gasteiger partial charge in [-0.2, -0.15) is 5.26 Å². The minimum absolute atomic E-state index is 0.654. The number of hydrogen-bond donors (Lipinski definition) is 0. The Kier molecular flexibility index (Phi) is 6.52. The molecule has 94 valence electrons. The Labute approximate surface area is 114 Å². The average molecular weight is 319 g/mol. The Balaban J connectivity index is 2.76. The van der Waals surface area contributed by atoms with E-state index < -0.39 is 0 Å². The average Bonchev–Trinajstić information content (AvgIpc) is 2.70. The molecule has 0 saturated carbocycles. The van der Waals surface area contributed by atoms with Gasteiger partial charge in [-0.3, -0.25) is 0 Å². The van der Waals surface area contributed by atoms with Gasteiger partial charge in [0.1, 0.15) is 10.9 Å². The van der Waals surface area contributed by atoms with Crippen LogP contribution in [-0.4, -0.2) is 40.5 Å². The summed E-state index contributed by atoms with van der Waals surface area (Å²) in [5.41, 5.74) is 0. The van der Waals surface area contributed by atoms with E-state index in [1.807, 2.05) is 6.07 Å². The van der Waals surface area contributed by atoms with Gasteiger partial charge in [0.05, 0.1) is 18.2 Å². The van der Waals surface area contributed by atoms with Crippen LogP contribution in [-0.2, 0) is 9.47 Å². The fraction of sp³-hybridized carbons (Fsp3) is 0.545. The van der Waals surface area contributed by atoms with Gasteiger partial charge in [-0.15, -0.1) is 11.3 Å². The third kappa shape index (κ3) is 4.28. The fourth-order valence-electron chi connectivity index (χ4n) is 1.32. The van der Waals surface area contributed by atoms with E-state index >= 15 is 0 Å². The molecule has 17 heavy (non-hydrogen) atoms. The Morgan fingerprint density at radius 1 is 1.35 bits per heavy atom. The smallest absolute Gasteiger partial charge is 0.121 e. The first-order valence-electron chi connectivity index (χ1n) is 5.15. The van der Waals surface area contributed by atoms with Gasteiger partial charge in [0.25, 0.3) is 0 Å². The maximum absolute atomic E-state index is 8.93. The molecule has 0 unspecified atom stereocenters. The van der Waals surface area contributed by atoms with Crippen LogP contribution in [0.1, 0.15) is 4.88 Å². The molecule has 4 nitrogen and oxygen atoms in total. The summed E-state index contributed by atoms with van der Waals surface area (Å²) in [6.45, 7) is 2.89. The van der Waals surface area contributed by atoms with Gasteiger partial charge in [0.2, 0.25) is 0 Å². The van der Waals surface area contributed by atoms with Crippen LogP contribution in [0.5, 0.6) is 0 Å². The second kappa shape index (κ2) is 7.67. The Morgan fingerprint density at radius 2 is 1.94 bits per heavy atom. The fourth-order valence-corrected chi connectivity index (χ4v) is 2.92. The topological polar surface area (TPSA) is 45.5 Å². The van der Waals surface area contributed by atoms with Crippen molar-refractivity contribution < 1.29 is 9.47 Å². The summed E-state index contributed by atoms with van der Waals surface area (Å²) in [7, 11) is 3.36. The molecule has 0 radical (unpaired) electrons. The molecule has 0 aliphatic rings. The summed E-state index contributed by atoms with van der Waals surface area (Å²) >= 11 is 4.86. The van der Waals surface area contributed by atoms with Crippen molar-refractivity contribution in [3.05, 3.63) is 15.4 Å². The minimum Gasteiger partial charge on any atom is -0.383 e. The Bertz CT molecular complexity index is 381. The minimum atomic E-state index is 0.654. The SMILES string of the molecule is COCCN(CCOC)c1cc(Br)c(C#N)s1. The van der Waals surface area contributed by atoms with Crippen molar-refractivity contribution in [2.45, 2.75) is 0 Å². The number of halogens is 1. The monoisotopic (exact) mass is 318 g/mol. The zero-order valence-electron chi connectivity index (χ0n) is 9.90. The van der Waals surface area contributed by atoms with E-state index in [0.717, 1.165) is 22.6 Å². The summed E-state index contributed by atoms with van der Waals surface area (Å²) in [6, 6.07) is 4.13. The molecule has 6 heteroatoms. The Morgan fingerprint density at radius 3 is 2.35 bits per heavy atom. The van der Waals surface area contributed by atoms with Crippen LogP contribution in [0.3, 0.4) is 0 Å². The van der Waals surface area contributed by atoms with Crippen molar-refractivity contribution in [2.24, 2.45) is 0 Å². The lowest BCUT2D eigenvalue weighted by atomic mass is 10.4. The highest BCUT2D eigenvalue weighted by Crippen LogP contribution is 2.33. The summed E-state index contributed by atoms with van der Waals surface area (Å²) in [5.74, 6) is 0. The normalized spacial score (nSPS) is 10.2. The summed E-state index contributed by atoms with van der Waals surface area (Å²) in [4.78, 5) is 2.85. The molecular weight excluding hydrogens is 304 g/mol. The lowest BCUT2D eigenvalue weighted by Crippen LogP contribution is -2.29. The largest absolute Gasteiger partial charge is 0.383 e. The predicted molar refractivity (Wildman–Crippen MR) is 72.7 cm³/mol. The maximum Gasteiger partial charge on any atom is 0.121 e. The van der Waals surface area contributed by atoms with Crippen LogP contribution in [0.4, 0.5) is 5.00 Å². The van der Waals surface area contributed by atoms with Crippen molar-refractivity contribution in [3.63, 3.8) is 0 Å². The molecular formula is C11H15BrN2O2S. The van der Waals surface area contributed by atoms with Gasteiger partial charge in [-0.1, -0.05) is 0 Å². The van der Waals surface area contributed by atoms with Crippen molar-refractivity contribution in [1.82, 2.24) is 0 Å². The quantitative estimate of drug-likeness (QED) is 0.774. The molecule has 1 aromatic heterocycles. The first-order valence-corrected chi connectivity index (χ1v) is 6.76. The van der Waals surface area contributed by atoms with Gasteiger partial charge >= 0.3 is 0 Å². The molecule has 0 spiro atoms. The first-order chi connectivity index (χ1) is 8.22. The number of methoxy groups -OCH3 is 2. The predicted octanol–water partition coefficient (Wildman–Crippen LogP) is 2.48. The molecule has 0 aliphatic carbocycles. The van der Waals surface area contributed by atoms with Crippen LogP contribution >= 0.6 is 27.3 Å². The summed E-state index contributed by atoms with van der Waals surface area (Å²) in [5, 5.41) is 9.99. The molecule has 0 bridgehead atoms. The van der Waals surface area contributed by atoms with Gasteiger partial charge in [0, 0.05) is 31.8 Å². The zero-order chi connectivity index (χ0) is 12.7. The lowest BCUT2D eigenvalue weighted by Gasteiger charge is -2.22. The first kappa shape index (κ1) is 14.5. The van der Waals surface area contributed by atoms with E-state index in [0.29, 0.717) is 18.1 Å². The number of hydrogen-bond acceptors (Lipinski definition) is 5. The van der Waals surface area contributed by atoms with Gasteiger partial charge in [-0.05, 0) is 22.0 Å². The molecule has 0 amide bonds. The van der Waals surface area contributed by atoms with Crippen LogP contribution in [0.2, 0.25) is 0 Å². The highest BCUT2D eigenvalue weighted by molar-refractivity contribution is 9.10. The molecule has 0 atom stereocenters. The van der Waals surface area contributed by atoms with E-state index in [-0.39, 0.29) is 0 Å². The second-order valence-electron chi connectivity index (χ2n) is 3.35. The molecule has 0 saturated heterocycles. The highest BCUT2D eigenvalue weighted by atomic mass is 79.9. The molecule has 0 aliphatic heterocycles. The molecule has 0 fully saturated rings. The van der Waals surface area contributed by atoms with E-state index in [9.17, 15) is 0 Å². The zero-order valence-corrected chi connectivity index (χ0v) is 12.3. The molecule has 0 N–H and O–H groups in total. The number of thiophene rings is 1. The number of nitriles is 1. The third-order valence-electron chi connectivity index (χ3n) is 2.22. The van der Waals surface area contributed by atoms with Crippen molar-refractivity contribution in [1.29, 1.82) is 5.26 Å². The maximum atomic E-state index is 8.93. The van der Waals surface area contributed by atoms with Crippen LogP contribution in [0.15, 0.2) is 10.5 Å². The molecule has 0 aromatic carbocycles. The third-order valence-corrected chi connectivity index (χ3v) is 4.21. The van der Waals surface area contributed by atoms with Crippen molar-refractivity contribution >= 4 is 32.3 Å². The van der Waals surface area contributed by atoms with Gasteiger partial charge in [0.15, 0.2) is 0 Å². The van der Waals surface area contributed by atoms with E-state index in [1.165, 1.54) is 11.3 Å². The number of anilines is 1. The van der Waals surface area contributed by atoms with Gasteiger partial charge < -0.3 is 14.4 Å². The van der Waals surface area contributed by atoms with Crippen molar-refractivity contribution in [3.8, 4) is 6.07 Å². The highest BCUT2D eigenvalue weighted by Gasteiger charge is 2.12. The van der Waals surface area contributed by atoms with E-state index in [1.54, 1.807) is 14.2 Å². The molecule has 1 heterocycles. The van der Waals surface area contributed by atoms with Crippen molar-refractivity contribution in [2.75, 3.05) is 45.4 Å². The molecule has 1 aromatic rings. The van der Waals surface area contributed by atoms with Crippen LogP contribution < -0.4 is 4.90 Å². The standard InChI is InChI=1S/C11H15BrN2O2S/c1-15-5-3-14(4-6-16-2)11-7-9(12)10(8-13)17-11/h7H,3-6H2,1-2H3.